The van der Waals surface area contributed by atoms with Gasteiger partial charge in [0.15, 0.2) is 11.5 Å². The molecule has 0 N–H and O–H groups in total. The third-order valence-electron chi connectivity index (χ3n) is 7.33. The number of carbonyl (C=O) groups excluding carboxylic acids is 1. The molecule has 1 unspecified atom stereocenters. The van der Waals surface area contributed by atoms with Crippen LogP contribution in [0.4, 0.5) is 5.82 Å². The summed E-state index contributed by atoms with van der Waals surface area (Å²) in [7, 11) is 1.64. The van der Waals surface area contributed by atoms with Gasteiger partial charge in [-0.1, -0.05) is 32.3 Å². The number of hydrogen-bond donors (Lipinski definition) is 0. The van der Waals surface area contributed by atoms with E-state index in [4.69, 9.17) is 9.47 Å². The highest BCUT2D eigenvalue weighted by molar-refractivity contribution is 5.95. The van der Waals surface area contributed by atoms with Gasteiger partial charge in [-0.3, -0.25) is 9.69 Å². The topological polar surface area (TPSA) is 58.1 Å². The third kappa shape index (κ3) is 7.12. The number of aromatic nitrogens is 1. The third-order valence-corrected chi connectivity index (χ3v) is 7.33. The fourth-order valence-corrected chi connectivity index (χ4v) is 5.28. The summed E-state index contributed by atoms with van der Waals surface area (Å²) in [5, 5.41) is 0. The number of benzene rings is 1. The van der Waals surface area contributed by atoms with Crippen LogP contribution in [0.15, 0.2) is 42.6 Å². The largest absolute Gasteiger partial charge is 0.493 e. The zero-order valence-corrected chi connectivity index (χ0v) is 22.0. The van der Waals surface area contributed by atoms with Crippen molar-refractivity contribution in [3.8, 4) is 11.5 Å². The first-order chi connectivity index (χ1) is 17.7. The molecule has 7 nitrogen and oxygen atoms in total. The number of piperidine rings is 1. The van der Waals surface area contributed by atoms with Crippen molar-refractivity contribution in [3.63, 3.8) is 0 Å². The average Bonchev–Trinajstić information content (AvgIpc) is 2.93. The molecule has 2 aromatic rings. The lowest BCUT2D eigenvalue weighted by molar-refractivity contribution is 0.0637. The SMILES string of the molecule is CCCCCCOc1ccc(C(=O)N2CCCC(CN3CCN(c4ccccn4)CC3)C2)cc1OC. The number of piperazine rings is 1. The Labute approximate surface area is 216 Å². The standard InChI is InChI=1S/C29H42N4O3/c1-3-4-5-8-20-36-26-13-12-25(21-27(26)35-2)29(34)33-15-9-10-24(23-33)22-31-16-18-32(19-17-31)28-11-6-7-14-30-28/h6-7,11-14,21,24H,3-5,8-10,15-20,22-23H2,1-2H3. The summed E-state index contributed by atoms with van der Waals surface area (Å²) >= 11 is 0. The zero-order valence-electron chi connectivity index (χ0n) is 22.0. The molecule has 0 spiro atoms. The van der Waals surface area contributed by atoms with Gasteiger partial charge in [0.2, 0.25) is 0 Å². The van der Waals surface area contributed by atoms with E-state index in [2.05, 4.69) is 27.8 Å². The molecule has 0 saturated carbocycles. The number of carbonyl (C=O) groups is 1. The quantitative estimate of drug-likeness (QED) is 0.421. The summed E-state index contributed by atoms with van der Waals surface area (Å²) in [6.07, 6.45) is 8.74. The second kappa shape index (κ2) is 13.5. The summed E-state index contributed by atoms with van der Waals surface area (Å²) in [6, 6.07) is 11.7. The van der Waals surface area contributed by atoms with Gasteiger partial charge in [-0.25, -0.2) is 4.98 Å². The molecule has 2 saturated heterocycles. The van der Waals surface area contributed by atoms with Crippen LogP contribution in [0.2, 0.25) is 0 Å². The summed E-state index contributed by atoms with van der Waals surface area (Å²) in [4.78, 5) is 24.8. The summed E-state index contributed by atoms with van der Waals surface area (Å²) in [5.41, 5.74) is 0.676. The molecule has 0 aliphatic carbocycles. The number of methoxy groups -OCH3 is 1. The molecule has 1 atom stereocenters. The van der Waals surface area contributed by atoms with Gasteiger partial charge < -0.3 is 19.3 Å². The number of unbranched alkanes of at least 4 members (excludes halogenated alkanes) is 3. The lowest BCUT2D eigenvalue weighted by Crippen LogP contribution is -2.50. The highest BCUT2D eigenvalue weighted by Gasteiger charge is 2.28. The number of amides is 1. The Hall–Kier alpha value is -2.80. The molecule has 0 bridgehead atoms. The first-order valence-electron chi connectivity index (χ1n) is 13.7. The van der Waals surface area contributed by atoms with Crippen molar-refractivity contribution in [1.82, 2.24) is 14.8 Å². The molecule has 36 heavy (non-hydrogen) atoms. The average molecular weight is 495 g/mol. The highest BCUT2D eigenvalue weighted by atomic mass is 16.5. The smallest absolute Gasteiger partial charge is 0.254 e. The molecule has 3 heterocycles. The molecule has 1 aromatic carbocycles. The molecular weight excluding hydrogens is 452 g/mol. The van der Waals surface area contributed by atoms with Crippen LogP contribution >= 0.6 is 0 Å². The van der Waals surface area contributed by atoms with Crippen LogP contribution in [-0.4, -0.2) is 80.2 Å². The van der Waals surface area contributed by atoms with Crippen LogP contribution in [0.1, 0.15) is 55.8 Å². The summed E-state index contributed by atoms with van der Waals surface area (Å²) < 4.78 is 11.5. The number of rotatable bonds is 11. The van der Waals surface area contributed by atoms with Crippen LogP contribution in [0.3, 0.4) is 0 Å². The van der Waals surface area contributed by atoms with Crippen LogP contribution in [-0.2, 0) is 0 Å². The van der Waals surface area contributed by atoms with Crippen molar-refractivity contribution in [1.29, 1.82) is 0 Å². The molecule has 196 valence electrons. The molecule has 7 heteroatoms. The second-order valence-electron chi connectivity index (χ2n) is 10.0. The Balaban J connectivity index is 1.27. The van der Waals surface area contributed by atoms with E-state index in [1.54, 1.807) is 7.11 Å². The summed E-state index contributed by atoms with van der Waals surface area (Å²) in [5.74, 6) is 3.02. The minimum atomic E-state index is 0.0902. The minimum absolute atomic E-state index is 0.0902. The highest BCUT2D eigenvalue weighted by Crippen LogP contribution is 2.30. The maximum atomic E-state index is 13.4. The summed E-state index contributed by atoms with van der Waals surface area (Å²) in [6.45, 7) is 9.64. The van der Waals surface area contributed by atoms with Gasteiger partial charge in [-0.15, -0.1) is 0 Å². The van der Waals surface area contributed by atoms with Gasteiger partial charge in [0.1, 0.15) is 5.82 Å². The Kier molecular flexibility index (Phi) is 9.84. The molecule has 1 amide bonds. The Morgan fingerprint density at radius 1 is 1.03 bits per heavy atom. The molecule has 4 rings (SSSR count). The number of likely N-dealkylation sites (tertiary alicyclic amines) is 1. The number of pyridine rings is 1. The van der Waals surface area contributed by atoms with Gasteiger partial charge in [-0.05, 0) is 55.5 Å². The van der Waals surface area contributed by atoms with E-state index in [-0.39, 0.29) is 5.91 Å². The second-order valence-corrected chi connectivity index (χ2v) is 10.0. The van der Waals surface area contributed by atoms with Gasteiger partial charge in [0.25, 0.3) is 5.91 Å². The number of nitrogens with zero attached hydrogens (tertiary/aromatic N) is 4. The molecule has 2 aliphatic heterocycles. The van der Waals surface area contributed by atoms with Crippen LogP contribution in [0.5, 0.6) is 11.5 Å². The molecule has 2 fully saturated rings. The van der Waals surface area contributed by atoms with Crippen molar-refractivity contribution in [2.24, 2.45) is 5.92 Å². The van der Waals surface area contributed by atoms with Crippen molar-refractivity contribution >= 4 is 11.7 Å². The Morgan fingerprint density at radius 2 is 1.89 bits per heavy atom. The van der Waals surface area contributed by atoms with Crippen LogP contribution in [0, 0.1) is 5.92 Å². The monoisotopic (exact) mass is 494 g/mol. The zero-order chi connectivity index (χ0) is 25.2. The van der Waals surface area contributed by atoms with Crippen LogP contribution in [0.25, 0.3) is 0 Å². The van der Waals surface area contributed by atoms with E-state index < -0.39 is 0 Å². The fourth-order valence-electron chi connectivity index (χ4n) is 5.28. The lowest BCUT2D eigenvalue weighted by atomic mass is 9.96. The number of ether oxygens (including phenoxy) is 2. The predicted molar refractivity (Wildman–Crippen MR) is 144 cm³/mol. The van der Waals surface area contributed by atoms with Gasteiger partial charge in [0.05, 0.1) is 13.7 Å². The number of hydrogen-bond acceptors (Lipinski definition) is 6. The Bertz CT molecular complexity index is 947. The van der Waals surface area contributed by atoms with Crippen molar-refractivity contribution < 1.29 is 14.3 Å². The van der Waals surface area contributed by atoms with E-state index in [1.165, 1.54) is 25.7 Å². The minimum Gasteiger partial charge on any atom is -0.493 e. The van der Waals surface area contributed by atoms with E-state index in [0.29, 0.717) is 29.6 Å². The van der Waals surface area contributed by atoms with Crippen molar-refractivity contribution in [2.75, 3.05) is 64.4 Å². The van der Waals surface area contributed by atoms with E-state index in [1.807, 2.05) is 41.4 Å². The predicted octanol–water partition coefficient (Wildman–Crippen LogP) is 4.72. The Morgan fingerprint density at radius 3 is 2.64 bits per heavy atom. The fraction of sp³-hybridized carbons (Fsp3) is 0.586. The molecular formula is C29H42N4O3. The first-order valence-corrected chi connectivity index (χ1v) is 13.7. The number of anilines is 1. The maximum absolute atomic E-state index is 13.4. The van der Waals surface area contributed by atoms with E-state index >= 15 is 0 Å². The lowest BCUT2D eigenvalue weighted by Gasteiger charge is -2.39. The van der Waals surface area contributed by atoms with E-state index in [9.17, 15) is 4.79 Å². The van der Waals surface area contributed by atoms with Gasteiger partial charge in [0, 0.05) is 57.6 Å². The van der Waals surface area contributed by atoms with E-state index in [0.717, 1.165) is 64.5 Å². The first kappa shape index (κ1) is 26.3. The van der Waals surface area contributed by atoms with Gasteiger partial charge in [-0.2, -0.15) is 0 Å². The molecule has 2 aliphatic rings. The van der Waals surface area contributed by atoms with Crippen molar-refractivity contribution in [2.45, 2.75) is 45.4 Å². The van der Waals surface area contributed by atoms with Crippen LogP contribution < -0.4 is 14.4 Å². The molecule has 0 radical (unpaired) electrons. The van der Waals surface area contributed by atoms with Crippen molar-refractivity contribution in [3.05, 3.63) is 48.2 Å². The molecule has 1 aromatic heterocycles. The normalized spacial score (nSPS) is 18.8. The van der Waals surface area contributed by atoms with Gasteiger partial charge >= 0.3 is 0 Å². The maximum Gasteiger partial charge on any atom is 0.254 e.